The van der Waals surface area contributed by atoms with Crippen molar-refractivity contribution in [1.29, 1.82) is 0 Å². The smallest absolute Gasteiger partial charge is 0.289 e. The van der Waals surface area contributed by atoms with Crippen molar-refractivity contribution in [2.24, 2.45) is 0 Å². The molecule has 0 N–H and O–H groups in total. The molecule has 0 aromatic carbocycles. The number of thiophene rings is 1. The van der Waals surface area contributed by atoms with Crippen LogP contribution < -0.4 is 4.90 Å². The number of nitrogens with zero attached hydrogens (tertiary/aromatic N) is 4. The number of amides is 1. The van der Waals surface area contributed by atoms with Crippen LogP contribution in [0.1, 0.15) is 10.6 Å². The van der Waals surface area contributed by atoms with Crippen molar-refractivity contribution in [2.75, 3.05) is 31.1 Å². The van der Waals surface area contributed by atoms with Gasteiger partial charge in [-0.3, -0.25) is 4.79 Å². The van der Waals surface area contributed by atoms with Gasteiger partial charge in [0.05, 0.1) is 11.1 Å². The van der Waals surface area contributed by atoms with Gasteiger partial charge in [0.25, 0.3) is 5.91 Å². The maximum Gasteiger partial charge on any atom is 0.289 e. The molecule has 6 nitrogen and oxygen atoms in total. The Hall–Kier alpha value is -2.67. The third kappa shape index (κ3) is 2.90. The lowest BCUT2D eigenvalue weighted by Gasteiger charge is -2.34. The van der Waals surface area contributed by atoms with Crippen molar-refractivity contribution in [2.45, 2.75) is 0 Å². The van der Waals surface area contributed by atoms with Crippen LogP contribution in [0.2, 0.25) is 0 Å². The van der Waals surface area contributed by atoms with Gasteiger partial charge in [-0.2, -0.15) is 0 Å². The topological polar surface area (TPSA) is 62.5 Å². The lowest BCUT2D eigenvalue weighted by Crippen LogP contribution is -2.49. The van der Waals surface area contributed by atoms with Crippen LogP contribution in [0.4, 0.5) is 5.82 Å². The van der Waals surface area contributed by atoms with Gasteiger partial charge >= 0.3 is 0 Å². The highest BCUT2D eigenvalue weighted by molar-refractivity contribution is 7.13. The summed E-state index contributed by atoms with van der Waals surface area (Å²) in [6.07, 6.45) is 1.52. The molecule has 3 aromatic rings. The van der Waals surface area contributed by atoms with Crippen molar-refractivity contribution in [1.82, 2.24) is 15.1 Å². The molecule has 0 aliphatic carbocycles. The average Bonchev–Trinajstić information content (AvgIpc) is 3.35. The molecule has 1 aliphatic rings. The predicted octanol–water partition coefficient (Wildman–Crippen LogP) is 2.76. The highest BCUT2D eigenvalue weighted by Crippen LogP contribution is 2.23. The summed E-state index contributed by atoms with van der Waals surface area (Å²) in [5.41, 5.74) is 0.889. The Morgan fingerprint density at radius 1 is 1.04 bits per heavy atom. The average molecular weight is 340 g/mol. The van der Waals surface area contributed by atoms with E-state index in [1.807, 2.05) is 34.5 Å². The molecule has 7 heteroatoms. The standard InChI is InChI=1S/C17H16N4O2S/c22-17(14-3-1-11-23-14)21-9-7-20(8-10-21)16-6-5-13(18-19-16)15-4-2-12-24-15/h1-6,11-12H,7-10H2. The first-order valence-corrected chi connectivity index (χ1v) is 8.64. The Kier molecular flexibility index (Phi) is 4.00. The second kappa shape index (κ2) is 6.45. The van der Waals surface area contributed by atoms with E-state index >= 15 is 0 Å². The SMILES string of the molecule is O=C(c1ccco1)N1CCN(c2ccc(-c3cccs3)nn2)CC1. The molecule has 0 atom stereocenters. The van der Waals surface area contributed by atoms with Gasteiger partial charge in [-0.15, -0.1) is 21.5 Å². The number of carbonyl (C=O) groups is 1. The summed E-state index contributed by atoms with van der Waals surface area (Å²) in [4.78, 5) is 17.3. The minimum absolute atomic E-state index is 0.0567. The molecule has 4 rings (SSSR count). The fraction of sp³-hybridized carbons (Fsp3) is 0.235. The molecular formula is C17H16N4O2S. The van der Waals surface area contributed by atoms with Crippen molar-refractivity contribution >= 4 is 23.1 Å². The first kappa shape index (κ1) is 14.9. The third-order valence-corrected chi connectivity index (χ3v) is 4.94. The summed E-state index contributed by atoms with van der Waals surface area (Å²) in [6.45, 7) is 2.76. The first-order valence-electron chi connectivity index (χ1n) is 7.76. The summed E-state index contributed by atoms with van der Waals surface area (Å²) in [5, 5.41) is 10.7. The summed E-state index contributed by atoms with van der Waals surface area (Å²) < 4.78 is 5.18. The van der Waals surface area contributed by atoms with E-state index < -0.39 is 0 Å². The number of carbonyl (C=O) groups excluding carboxylic acids is 1. The van der Waals surface area contributed by atoms with E-state index in [1.165, 1.54) is 6.26 Å². The Morgan fingerprint density at radius 2 is 1.92 bits per heavy atom. The molecule has 24 heavy (non-hydrogen) atoms. The number of aromatic nitrogens is 2. The Balaban J connectivity index is 1.40. The zero-order valence-corrected chi connectivity index (χ0v) is 13.8. The number of hydrogen-bond acceptors (Lipinski definition) is 6. The largest absolute Gasteiger partial charge is 0.459 e. The Morgan fingerprint density at radius 3 is 2.54 bits per heavy atom. The van der Waals surface area contributed by atoms with E-state index in [-0.39, 0.29) is 5.91 Å². The van der Waals surface area contributed by atoms with E-state index in [2.05, 4.69) is 15.1 Å². The number of piperazine rings is 1. The second-order valence-corrected chi connectivity index (χ2v) is 6.46. The summed E-state index contributed by atoms with van der Waals surface area (Å²) in [7, 11) is 0. The monoisotopic (exact) mass is 340 g/mol. The highest BCUT2D eigenvalue weighted by Gasteiger charge is 2.24. The molecule has 1 amide bonds. The van der Waals surface area contributed by atoms with Crippen molar-refractivity contribution in [3.63, 3.8) is 0 Å². The zero-order chi connectivity index (χ0) is 16.4. The van der Waals surface area contributed by atoms with E-state index in [4.69, 9.17) is 4.42 Å². The van der Waals surface area contributed by atoms with Crippen LogP contribution in [-0.2, 0) is 0 Å². The van der Waals surface area contributed by atoms with Crippen LogP contribution >= 0.6 is 11.3 Å². The van der Waals surface area contributed by atoms with Crippen LogP contribution in [0.15, 0.2) is 52.5 Å². The van der Waals surface area contributed by atoms with Gasteiger partial charge in [0.15, 0.2) is 11.6 Å². The van der Waals surface area contributed by atoms with Gasteiger partial charge in [0.2, 0.25) is 0 Å². The first-order chi connectivity index (χ1) is 11.8. The lowest BCUT2D eigenvalue weighted by atomic mass is 10.2. The van der Waals surface area contributed by atoms with Gasteiger partial charge in [0.1, 0.15) is 5.69 Å². The van der Waals surface area contributed by atoms with Crippen LogP contribution in [0.5, 0.6) is 0 Å². The molecule has 1 saturated heterocycles. The zero-order valence-electron chi connectivity index (χ0n) is 13.0. The second-order valence-electron chi connectivity index (χ2n) is 5.51. The van der Waals surface area contributed by atoms with Crippen LogP contribution in [0.25, 0.3) is 10.6 Å². The molecule has 1 aliphatic heterocycles. The molecule has 4 heterocycles. The van der Waals surface area contributed by atoms with Crippen molar-refractivity contribution in [3.05, 3.63) is 53.8 Å². The minimum atomic E-state index is -0.0567. The van der Waals surface area contributed by atoms with E-state index in [9.17, 15) is 4.79 Å². The maximum absolute atomic E-state index is 12.3. The third-order valence-electron chi connectivity index (χ3n) is 4.05. The highest BCUT2D eigenvalue weighted by atomic mass is 32.1. The fourth-order valence-electron chi connectivity index (χ4n) is 2.74. The number of anilines is 1. The Labute approximate surface area is 143 Å². The van der Waals surface area contributed by atoms with Gasteiger partial charge in [-0.25, -0.2) is 0 Å². The molecule has 0 saturated carbocycles. The predicted molar refractivity (Wildman–Crippen MR) is 92.2 cm³/mol. The normalized spacial score (nSPS) is 14.8. The summed E-state index contributed by atoms with van der Waals surface area (Å²) in [6, 6.07) is 11.5. The fourth-order valence-corrected chi connectivity index (χ4v) is 3.43. The molecule has 3 aromatic heterocycles. The lowest BCUT2D eigenvalue weighted by molar-refractivity contribution is 0.0714. The quantitative estimate of drug-likeness (QED) is 0.734. The van der Waals surface area contributed by atoms with Crippen LogP contribution in [0, 0.1) is 0 Å². The van der Waals surface area contributed by atoms with Gasteiger partial charge in [0, 0.05) is 26.2 Å². The molecule has 0 bridgehead atoms. The number of rotatable bonds is 3. The molecule has 0 unspecified atom stereocenters. The van der Waals surface area contributed by atoms with Crippen molar-refractivity contribution < 1.29 is 9.21 Å². The van der Waals surface area contributed by atoms with Gasteiger partial charge < -0.3 is 14.2 Å². The van der Waals surface area contributed by atoms with Crippen LogP contribution in [-0.4, -0.2) is 47.2 Å². The van der Waals surface area contributed by atoms with Crippen molar-refractivity contribution in [3.8, 4) is 10.6 Å². The van der Waals surface area contributed by atoms with Crippen LogP contribution in [0.3, 0.4) is 0 Å². The molecule has 0 radical (unpaired) electrons. The summed E-state index contributed by atoms with van der Waals surface area (Å²) >= 11 is 1.65. The molecule has 1 fully saturated rings. The van der Waals surface area contributed by atoms with Gasteiger partial charge in [-0.1, -0.05) is 6.07 Å². The number of furan rings is 1. The molecule has 122 valence electrons. The maximum atomic E-state index is 12.3. The minimum Gasteiger partial charge on any atom is -0.459 e. The number of hydrogen-bond donors (Lipinski definition) is 0. The summed E-state index contributed by atoms with van der Waals surface area (Å²) in [5.74, 6) is 1.18. The van der Waals surface area contributed by atoms with E-state index in [0.29, 0.717) is 18.8 Å². The molecule has 0 spiro atoms. The molecular weight excluding hydrogens is 324 g/mol. The Bertz CT molecular complexity index is 792. The van der Waals surface area contributed by atoms with Gasteiger partial charge in [-0.05, 0) is 35.7 Å². The van der Waals surface area contributed by atoms with E-state index in [1.54, 1.807) is 23.5 Å². The van der Waals surface area contributed by atoms with E-state index in [0.717, 1.165) is 29.5 Å².